The van der Waals surface area contributed by atoms with Crippen molar-refractivity contribution in [2.75, 3.05) is 11.9 Å². The zero-order chi connectivity index (χ0) is 21.7. The Bertz CT molecular complexity index is 982. The fraction of sp³-hybridized carbons (Fsp3) is 0.261. The average molecular weight is 407 g/mol. The molecular weight excluding hydrogens is 382 g/mol. The first kappa shape index (κ1) is 21.1. The molecule has 1 fully saturated rings. The molecule has 4 amide bonds. The quantitative estimate of drug-likeness (QED) is 0.541. The summed E-state index contributed by atoms with van der Waals surface area (Å²) in [7, 11) is 0. The molecule has 0 aliphatic carbocycles. The van der Waals surface area contributed by atoms with Crippen molar-refractivity contribution in [3.05, 3.63) is 65.4 Å². The molecular formula is C23H25N3O4. The summed E-state index contributed by atoms with van der Waals surface area (Å²) in [5.74, 6) is -0.251. The number of ether oxygens (including phenoxy) is 1. The zero-order valence-electron chi connectivity index (χ0n) is 17.3. The van der Waals surface area contributed by atoms with E-state index in [-0.39, 0.29) is 18.3 Å². The summed E-state index contributed by atoms with van der Waals surface area (Å²) in [5.41, 5.74) is 2.47. The van der Waals surface area contributed by atoms with Gasteiger partial charge in [0.1, 0.15) is 18.0 Å². The number of aryl methyl sites for hydroxylation is 1. The van der Waals surface area contributed by atoms with Gasteiger partial charge in [0.15, 0.2) is 0 Å². The van der Waals surface area contributed by atoms with Gasteiger partial charge >= 0.3 is 6.03 Å². The highest BCUT2D eigenvalue weighted by Gasteiger charge is 2.34. The normalized spacial score (nSPS) is 15.8. The Hall–Kier alpha value is -3.61. The van der Waals surface area contributed by atoms with E-state index in [4.69, 9.17) is 4.74 Å². The Morgan fingerprint density at radius 3 is 2.60 bits per heavy atom. The Balaban J connectivity index is 1.64. The summed E-state index contributed by atoms with van der Waals surface area (Å²) in [6.07, 6.45) is 2.59. The van der Waals surface area contributed by atoms with Crippen LogP contribution in [0.1, 0.15) is 31.4 Å². The van der Waals surface area contributed by atoms with Crippen molar-refractivity contribution in [3.63, 3.8) is 0 Å². The number of imide groups is 1. The number of rotatable bonds is 7. The van der Waals surface area contributed by atoms with Crippen molar-refractivity contribution in [2.24, 2.45) is 0 Å². The van der Waals surface area contributed by atoms with Crippen LogP contribution in [0.25, 0.3) is 6.08 Å². The summed E-state index contributed by atoms with van der Waals surface area (Å²) in [6, 6.07) is 13.9. The Labute approximate surface area is 175 Å². The van der Waals surface area contributed by atoms with E-state index in [9.17, 15) is 14.4 Å². The molecule has 1 aliphatic heterocycles. The predicted molar refractivity (Wildman–Crippen MR) is 115 cm³/mol. The predicted octanol–water partition coefficient (Wildman–Crippen LogP) is 3.70. The molecule has 7 heteroatoms. The molecule has 0 bridgehead atoms. The minimum atomic E-state index is -0.623. The van der Waals surface area contributed by atoms with Crippen molar-refractivity contribution < 1.29 is 19.1 Å². The molecule has 2 aromatic carbocycles. The van der Waals surface area contributed by atoms with Crippen LogP contribution in [0.15, 0.2) is 54.2 Å². The molecule has 2 N–H and O–H groups in total. The zero-order valence-corrected chi connectivity index (χ0v) is 17.3. The van der Waals surface area contributed by atoms with E-state index in [0.29, 0.717) is 5.69 Å². The van der Waals surface area contributed by atoms with Crippen LogP contribution < -0.4 is 15.4 Å². The maximum absolute atomic E-state index is 12.6. The van der Waals surface area contributed by atoms with Crippen LogP contribution in [-0.4, -0.2) is 35.4 Å². The number of nitrogens with one attached hydrogen (secondary N) is 2. The SMILES string of the molecule is CC[C@H](C)Oc1ccc(/C=C2\NC(=O)N(CC(=O)Nc3cccc(C)c3)C2=O)cc1. The Morgan fingerprint density at radius 1 is 1.20 bits per heavy atom. The standard InChI is InChI=1S/C23H25N3O4/c1-4-16(3)30-19-10-8-17(9-11-19)13-20-22(28)26(23(29)25-20)14-21(27)24-18-7-5-6-15(2)12-18/h5-13,16H,4,14H2,1-3H3,(H,24,27)(H,25,29)/b20-13-/t16-/m0/s1. The van der Waals surface area contributed by atoms with Gasteiger partial charge in [0.05, 0.1) is 6.10 Å². The molecule has 2 aromatic rings. The lowest BCUT2D eigenvalue weighted by Gasteiger charge is -2.12. The molecule has 7 nitrogen and oxygen atoms in total. The fourth-order valence-corrected chi connectivity index (χ4v) is 2.91. The lowest BCUT2D eigenvalue weighted by Crippen LogP contribution is -2.38. The van der Waals surface area contributed by atoms with Gasteiger partial charge in [-0.2, -0.15) is 0 Å². The summed E-state index contributed by atoms with van der Waals surface area (Å²) in [6.45, 7) is 5.59. The van der Waals surface area contributed by atoms with Crippen molar-refractivity contribution >= 4 is 29.6 Å². The number of hydrogen-bond donors (Lipinski definition) is 2. The van der Waals surface area contributed by atoms with E-state index in [1.807, 2.05) is 51.1 Å². The van der Waals surface area contributed by atoms with Gasteiger partial charge in [-0.3, -0.25) is 9.59 Å². The molecule has 0 radical (unpaired) electrons. The van der Waals surface area contributed by atoms with Crippen molar-refractivity contribution in [2.45, 2.75) is 33.3 Å². The second-order valence-electron chi connectivity index (χ2n) is 7.20. The number of nitrogens with zero attached hydrogens (tertiary/aromatic N) is 1. The molecule has 0 spiro atoms. The fourth-order valence-electron chi connectivity index (χ4n) is 2.91. The number of urea groups is 1. The van der Waals surface area contributed by atoms with Gasteiger partial charge in [0, 0.05) is 5.69 Å². The van der Waals surface area contributed by atoms with E-state index < -0.39 is 17.8 Å². The van der Waals surface area contributed by atoms with E-state index in [1.165, 1.54) is 0 Å². The van der Waals surface area contributed by atoms with E-state index in [0.717, 1.165) is 28.2 Å². The maximum atomic E-state index is 12.6. The molecule has 0 unspecified atom stereocenters. The second-order valence-corrected chi connectivity index (χ2v) is 7.20. The van der Waals surface area contributed by atoms with Gasteiger partial charge < -0.3 is 15.4 Å². The second kappa shape index (κ2) is 9.26. The first-order valence-corrected chi connectivity index (χ1v) is 9.83. The number of amides is 4. The van der Waals surface area contributed by atoms with Gasteiger partial charge in [-0.1, -0.05) is 31.2 Å². The van der Waals surface area contributed by atoms with Crippen molar-refractivity contribution in [3.8, 4) is 5.75 Å². The highest BCUT2D eigenvalue weighted by atomic mass is 16.5. The Kier molecular flexibility index (Phi) is 6.51. The molecule has 0 aromatic heterocycles. The molecule has 1 heterocycles. The molecule has 30 heavy (non-hydrogen) atoms. The average Bonchev–Trinajstić information content (AvgIpc) is 2.96. The van der Waals surface area contributed by atoms with Crippen LogP contribution in [0.3, 0.4) is 0 Å². The highest BCUT2D eigenvalue weighted by molar-refractivity contribution is 6.15. The number of anilines is 1. The maximum Gasteiger partial charge on any atom is 0.329 e. The number of carbonyl (C=O) groups excluding carboxylic acids is 3. The van der Waals surface area contributed by atoms with Crippen LogP contribution >= 0.6 is 0 Å². The van der Waals surface area contributed by atoms with Gasteiger partial charge in [0.25, 0.3) is 5.91 Å². The number of carbonyl (C=O) groups is 3. The van der Waals surface area contributed by atoms with Crippen LogP contribution in [0, 0.1) is 6.92 Å². The third kappa shape index (κ3) is 5.26. The summed E-state index contributed by atoms with van der Waals surface area (Å²) >= 11 is 0. The molecule has 1 atom stereocenters. The van der Waals surface area contributed by atoms with E-state index in [1.54, 1.807) is 24.3 Å². The van der Waals surface area contributed by atoms with Crippen molar-refractivity contribution in [1.29, 1.82) is 0 Å². The minimum Gasteiger partial charge on any atom is -0.491 e. The molecule has 0 saturated carbocycles. The van der Waals surface area contributed by atoms with Gasteiger partial charge in [-0.25, -0.2) is 9.69 Å². The van der Waals surface area contributed by atoms with Crippen LogP contribution in [-0.2, 0) is 9.59 Å². The lowest BCUT2D eigenvalue weighted by atomic mass is 10.2. The molecule has 1 aliphatic rings. The highest BCUT2D eigenvalue weighted by Crippen LogP contribution is 2.19. The lowest BCUT2D eigenvalue weighted by molar-refractivity contribution is -0.127. The van der Waals surface area contributed by atoms with Gasteiger partial charge in [-0.15, -0.1) is 0 Å². The summed E-state index contributed by atoms with van der Waals surface area (Å²) in [4.78, 5) is 37.9. The Morgan fingerprint density at radius 2 is 1.93 bits per heavy atom. The smallest absolute Gasteiger partial charge is 0.329 e. The minimum absolute atomic E-state index is 0.115. The van der Waals surface area contributed by atoms with Crippen LogP contribution in [0.2, 0.25) is 0 Å². The molecule has 3 rings (SSSR count). The largest absolute Gasteiger partial charge is 0.491 e. The molecule has 1 saturated heterocycles. The van der Waals surface area contributed by atoms with E-state index in [2.05, 4.69) is 10.6 Å². The van der Waals surface area contributed by atoms with Gasteiger partial charge in [-0.05, 0) is 61.7 Å². The monoisotopic (exact) mass is 407 g/mol. The molecule has 156 valence electrons. The van der Waals surface area contributed by atoms with Crippen LogP contribution in [0.4, 0.5) is 10.5 Å². The third-order valence-electron chi connectivity index (χ3n) is 4.67. The topological polar surface area (TPSA) is 87.7 Å². The van der Waals surface area contributed by atoms with E-state index >= 15 is 0 Å². The number of benzene rings is 2. The summed E-state index contributed by atoms with van der Waals surface area (Å²) in [5, 5.41) is 5.22. The number of hydrogen-bond acceptors (Lipinski definition) is 4. The van der Waals surface area contributed by atoms with Crippen molar-refractivity contribution in [1.82, 2.24) is 10.2 Å². The van der Waals surface area contributed by atoms with Gasteiger partial charge in [0.2, 0.25) is 5.91 Å². The third-order valence-corrected chi connectivity index (χ3v) is 4.67. The summed E-state index contributed by atoms with van der Waals surface area (Å²) < 4.78 is 5.73. The van der Waals surface area contributed by atoms with Crippen LogP contribution in [0.5, 0.6) is 5.75 Å². The first-order valence-electron chi connectivity index (χ1n) is 9.83. The first-order chi connectivity index (χ1) is 14.4.